The van der Waals surface area contributed by atoms with Gasteiger partial charge in [0.25, 0.3) is 0 Å². The summed E-state index contributed by atoms with van der Waals surface area (Å²) in [5.41, 5.74) is 0. The zero-order chi connectivity index (χ0) is 10.5. The first-order valence-corrected chi connectivity index (χ1v) is 6.11. The van der Waals surface area contributed by atoms with Crippen LogP contribution >= 0.6 is 0 Å². The number of hydrogen-bond donors (Lipinski definition) is 3. The predicted octanol–water partition coefficient (Wildman–Crippen LogP) is -0.00330. The highest BCUT2D eigenvalue weighted by atomic mass is 16.2. The molecule has 1 amide bonds. The van der Waals surface area contributed by atoms with E-state index in [0.29, 0.717) is 6.04 Å². The molecule has 2 rings (SSSR count). The first kappa shape index (κ1) is 10.9. The number of nitrogens with one attached hydrogen (secondary N) is 3. The van der Waals surface area contributed by atoms with E-state index in [1.165, 1.54) is 12.8 Å². The van der Waals surface area contributed by atoms with Gasteiger partial charge in [-0.15, -0.1) is 0 Å². The van der Waals surface area contributed by atoms with E-state index in [4.69, 9.17) is 0 Å². The second-order valence-electron chi connectivity index (χ2n) is 4.53. The highest BCUT2D eigenvalue weighted by Crippen LogP contribution is 2.10. The minimum atomic E-state index is 0.0573. The maximum atomic E-state index is 11.6. The van der Waals surface area contributed by atoms with Gasteiger partial charge in [-0.3, -0.25) is 4.79 Å². The van der Waals surface area contributed by atoms with E-state index >= 15 is 0 Å². The average molecular weight is 211 g/mol. The second kappa shape index (κ2) is 5.47. The Kier molecular flexibility index (Phi) is 3.97. The van der Waals surface area contributed by atoms with Crippen LogP contribution in [0.2, 0.25) is 0 Å². The van der Waals surface area contributed by atoms with Gasteiger partial charge in [0.15, 0.2) is 0 Å². The summed E-state index contributed by atoms with van der Waals surface area (Å²) in [6.07, 6.45) is 5.65. The standard InChI is InChI=1S/C11H21N3O/c15-11-10(4-2-7-13-11)14-9-3-1-6-12-8-5-9/h9-10,12,14H,1-8H2,(H,13,15). The van der Waals surface area contributed by atoms with Gasteiger partial charge in [-0.1, -0.05) is 0 Å². The van der Waals surface area contributed by atoms with E-state index in [-0.39, 0.29) is 11.9 Å². The van der Waals surface area contributed by atoms with Crippen LogP contribution in [0.3, 0.4) is 0 Å². The third kappa shape index (κ3) is 3.18. The zero-order valence-electron chi connectivity index (χ0n) is 9.22. The summed E-state index contributed by atoms with van der Waals surface area (Å²) in [6.45, 7) is 3.05. The van der Waals surface area contributed by atoms with Crippen molar-refractivity contribution in [1.29, 1.82) is 0 Å². The molecule has 2 aliphatic heterocycles. The van der Waals surface area contributed by atoms with Crippen LogP contribution in [0, 0.1) is 0 Å². The molecular weight excluding hydrogens is 190 g/mol. The average Bonchev–Trinajstić information content (AvgIpc) is 2.50. The lowest BCUT2D eigenvalue weighted by atomic mass is 10.0. The van der Waals surface area contributed by atoms with Crippen LogP contribution in [0.15, 0.2) is 0 Å². The van der Waals surface area contributed by atoms with Crippen LogP contribution in [0.1, 0.15) is 32.1 Å². The van der Waals surface area contributed by atoms with Crippen LogP contribution in [0.5, 0.6) is 0 Å². The van der Waals surface area contributed by atoms with Crippen LogP contribution in [-0.4, -0.2) is 37.6 Å². The number of carbonyl (C=O) groups excluding carboxylic acids is 1. The van der Waals surface area contributed by atoms with Crippen LogP contribution < -0.4 is 16.0 Å². The molecule has 0 aliphatic carbocycles. The van der Waals surface area contributed by atoms with Crippen molar-refractivity contribution in [2.24, 2.45) is 0 Å². The Morgan fingerprint density at radius 2 is 1.93 bits per heavy atom. The summed E-state index contributed by atoms with van der Waals surface area (Å²) < 4.78 is 0. The fraction of sp³-hybridized carbons (Fsp3) is 0.909. The van der Waals surface area contributed by atoms with E-state index in [2.05, 4.69) is 16.0 Å². The van der Waals surface area contributed by atoms with Gasteiger partial charge in [0.2, 0.25) is 5.91 Å². The molecule has 0 bridgehead atoms. The number of hydrogen-bond acceptors (Lipinski definition) is 3. The Morgan fingerprint density at radius 1 is 1.07 bits per heavy atom. The molecule has 2 unspecified atom stereocenters. The molecule has 0 spiro atoms. The number of carbonyl (C=O) groups is 1. The molecule has 0 radical (unpaired) electrons. The van der Waals surface area contributed by atoms with Gasteiger partial charge >= 0.3 is 0 Å². The van der Waals surface area contributed by atoms with Crippen LogP contribution in [0.4, 0.5) is 0 Å². The zero-order valence-corrected chi connectivity index (χ0v) is 9.22. The maximum Gasteiger partial charge on any atom is 0.237 e. The molecule has 15 heavy (non-hydrogen) atoms. The Balaban J connectivity index is 1.80. The van der Waals surface area contributed by atoms with E-state index in [1.807, 2.05) is 0 Å². The fourth-order valence-electron chi connectivity index (χ4n) is 2.40. The summed E-state index contributed by atoms with van der Waals surface area (Å²) in [7, 11) is 0. The SMILES string of the molecule is O=C1NCCCC1NC1CCCNCC1. The lowest BCUT2D eigenvalue weighted by molar-refractivity contribution is -0.124. The topological polar surface area (TPSA) is 53.2 Å². The van der Waals surface area contributed by atoms with Crippen LogP contribution in [0.25, 0.3) is 0 Å². The van der Waals surface area contributed by atoms with Crippen molar-refractivity contribution >= 4 is 5.91 Å². The van der Waals surface area contributed by atoms with Gasteiger partial charge in [-0.25, -0.2) is 0 Å². The summed E-state index contributed by atoms with van der Waals surface area (Å²) >= 11 is 0. The predicted molar refractivity (Wildman–Crippen MR) is 59.7 cm³/mol. The quantitative estimate of drug-likeness (QED) is 0.602. The molecule has 0 aromatic carbocycles. The molecule has 2 aliphatic rings. The molecule has 2 fully saturated rings. The van der Waals surface area contributed by atoms with E-state index in [0.717, 1.165) is 38.9 Å². The van der Waals surface area contributed by atoms with Gasteiger partial charge < -0.3 is 16.0 Å². The Labute approximate surface area is 91.2 Å². The Hall–Kier alpha value is -0.610. The van der Waals surface area contributed by atoms with Crippen molar-refractivity contribution in [2.75, 3.05) is 19.6 Å². The fourth-order valence-corrected chi connectivity index (χ4v) is 2.40. The van der Waals surface area contributed by atoms with Gasteiger partial charge in [0.05, 0.1) is 6.04 Å². The van der Waals surface area contributed by atoms with Crippen molar-refractivity contribution in [3.8, 4) is 0 Å². The normalized spacial score (nSPS) is 33.2. The lowest BCUT2D eigenvalue weighted by Crippen LogP contribution is -2.51. The smallest absolute Gasteiger partial charge is 0.237 e. The summed E-state index contributed by atoms with van der Waals surface area (Å²) in [6, 6.07) is 0.579. The number of rotatable bonds is 2. The van der Waals surface area contributed by atoms with E-state index < -0.39 is 0 Å². The Morgan fingerprint density at radius 3 is 2.80 bits per heavy atom. The molecule has 4 nitrogen and oxygen atoms in total. The molecule has 2 saturated heterocycles. The van der Waals surface area contributed by atoms with Crippen molar-refractivity contribution in [3.63, 3.8) is 0 Å². The lowest BCUT2D eigenvalue weighted by Gasteiger charge is -2.27. The third-order valence-electron chi connectivity index (χ3n) is 3.30. The van der Waals surface area contributed by atoms with Gasteiger partial charge in [0, 0.05) is 12.6 Å². The summed E-state index contributed by atoms with van der Waals surface area (Å²) in [5, 5.41) is 9.80. The van der Waals surface area contributed by atoms with Gasteiger partial charge in [-0.05, 0) is 45.2 Å². The molecule has 4 heteroatoms. The molecule has 2 atom stereocenters. The monoisotopic (exact) mass is 211 g/mol. The molecule has 2 heterocycles. The van der Waals surface area contributed by atoms with Crippen molar-refractivity contribution in [1.82, 2.24) is 16.0 Å². The summed E-state index contributed by atoms with van der Waals surface area (Å²) in [4.78, 5) is 11.6. The van der Waals surface area contributed by atoms with E-state index in [1.54, 1.807) is 0 Å². The molecule has 0 aromatic rings. The molecule has 3 N–H and O–H groups in total. The van der Waals surface area contributed by atoms with Crippen molar-refractivity contribution in [2.45, 2.75) is 44.2 Å². The first-order chi connectivity index (χ1) is 7.36. The molecule has 0 aromatic heterocycles. The van der Waals surface area contributed by atoms with Crippen molar-refractivity contribution < 1.29 is 4.79 Å². The number of piperidine rings is 1. The van der Waals surface area contributed by atoms with E-state index in [9.17, 15) is 4.79 Å². The van der Waals surface area contributed by atoms with Gasteiger partial charge in [0.1, 0.15) is 0 Å². The molecular formula is C11H21N3O. The first-order valence-electron chi connectivity index (χ1n) is 6.11. The minimum absolute atomic E-state index is 0.0573. The molecule has 0 saturated carbocycles. The summed E-state index contributed by atoms with van der Waals surface area (Å²) in [5.74, 6) is 0.193. The van der Waals surface area contributed by atoms with Gasteiger partial charge in [-0.2, -0.15) is 0 Å². The molecule has 86 valence electrons. The maximum absolute atomic E-state index is 11.6. The highest BCUT2D eigenvalue weighted by molar-refractivity contribution is 5.82. The van der Waals surface area contributed by atoms with Crippen molar-refractivity contribution in [3.05, 3.63) is 0 Å². The minimum Gasteiger partial charge on any atom is -0.355 e. The third-order valence-corrected chi connectivity index (χ3v) is 3.30. The number of amides is 1. The Bertz CT molecular complexity index is 212. The largest absolute Gasteiger partial charge is 0.355 e. The van der Waals surface area contributed by atoms with Crippen LogP contribution in [-0.2, 0) is 4.79 Å². The second-order valence-corrected chi connectivity index (χ2v) is 4.53. The highest BCUT2D eigenvalue weighted by Gasteiger charge is 2.24.